The molecule has 1 aliphatic heterocycles. The summed E-state index contributed by atoms with van der Waals surface area (Å²) in [6.45, 7) is 3.13. The molecule has 0 saturated heterocycles. The first kappa shape index (κ1) is 23.2. The highest BCUT2D eigenvalue weighted by atomic mass is 16.6. The minimum atomic E-state index is -2.32. The van der Waals surface area contributed by atoms with Gasteiger partial charge in [-0.2, -0.15) is 0 Å². The number of amides is 4. The molecule has 2 aromatic carbocycles. The molecule has 2 aromatic rings. The number of carbonyl (C=O) groups is 5. The first-order valence-electron chi connectivity index (χ1n) is 13.2. The van der Waals surface area contributed by atoms with Crippen molar-refractivity contribution in [1.82, 2.24) is 10.6 Å². The summed E-state index contributed by atoms with van der Waals surface area (Å²) in [5.74, 6) is -1.90. The minimum Gasteiger partial charge on any atom is -0.444 e. The highest BCUT2D eigenvalue weighted by Crippen LogP contribution is 2.30. The van der Waals surface area contributed by atoms with Crippen LogP contribution in [0, 0.1) is 0 Å². The van der Waals surface area contributed by atoms with Gasteiger partial charge in [-0.3, -0.25) is 19.2 Å². The SMILES string of the molecule is [2H]C([2H])([2H])CC(C)(C)OC(=O)N[C@@H](C)C(=O)N[C@H]1CN(C(=O)c2ccc(C(C)=O)cc2)c2ccccc2NC1=O. The summed E-state index contributed by atoms with van der Waals surface area (Å²) in [7, 11) is 0. The van der Waals surface area contributed by atoms with Crippen LogP contribution >= 0.6 is 0 Å². The van der Waals surface area contributed by atoms with Crippen LogP contribution in [0.2, 0.25) is 0 Å². The Hall–Kier alpha value is -4.21. The van der Waals surface area contributed by atoms with Gasteiger partial charge in [0.2, 0.25) is 11.8 Å². The van der Waals surface area contributed by atoms with Gasteiger partial charge in [-0.1, -0.05) is 31.1 Å². The Morgan fingerprint density at radius 1 is 1.14 bits per heavy atom. The Morgan fingerprint density at radius 2 is 1.78 bits per heavy atom. The van der Waals surface area contributed by atoms with Crippen molar-refractivity contribution in [2.24, 2.45) is 0 Å². The fourth-order valence-corrected chi connectivity index (χ4v) is 3.56. The minimum absolute atomic E-state index is 0.149. The molecule has 0 bridgehead atoms. The number of fused-ring (bicyclic) bond motifs is 1. The molecular formula is C27H32N4O6. The monoisotopic (exact) mass is 511 g/mol. The second kappa shape index (κ2) is 11.2. The van der Waals surface area contributed by atoms with Crippen molar-refractivity contribution in [3.05, 3.63) is 59.7 Å². The summed E-state index contributed by atoms with van der Waals surface area (Å²) in [6, 6.07) is 10.4. The van der Waals surface area contributed by atoms with E-state index in [0.717, 1.165) is 0 Å². The number of para-hydroxylation sites is 2. The molecule has 0 unspecified atom stereocenters. The first-order valence-corrected chi connectivity index (χ1v) is 11.7. The van der Waals surface area contributed by atoms with E-state index in [1.807, 2.05) is 0 Å². The molecule has 3 N–H and O–H groups in total. The van der Waals surface area contributed by atoms with E-state index < -0.39 is 54.8 Å². The van der Waals surface area contributed by atoms with Crippen LogP contribution in [-0.4, -0.2) is 53.8 Å². The van der Waals surface area contributed by atoms with E-state index >= 15 is 0 Å². The molecule has 0 radical (unpaired) electrons. The van der Waals surface area contributed by atoms with Crippen molar-refractivity contribution in [3.63, 3.8) is 0 Å². The lowest BCUT2D eigenvalue weighted by Gasteiger charge is -2.27. The molecule has 0 saturated carbocycles. The zero-order valence-electron chi connectivity index (χ0n) is 24.1. The summed E-state index contributed by atoms with van der Waals surface area (Å²) in [5, 5.41) is 7.61. The fourth-order valence-electron chi connectivity index (χ4n) is 3.56. The van der Waals surface area contributed by atoms with Crippen LogP contribution in [0.25, 0.3) is 0 Å². The number of carbonyl (C=O) groups excluding carboxylic acids is 5. The van der Waals surface area contributed by atoms with E-state index in [2.05, 4.69) is 16.0 Å². The first-order chi connectivity index (χ1) is 18.6. The second-order valence-electron chi connectivity index (χ2n) is 9.31. The quantitative estimate of drug-likeness (QED) is 0.489. The van der Waals surface area contributed by atoms with Crippen LogP contribution in [0.3, 0.4) is 0 Å². The third kappa shape index (κ3) is 6.72. The van der Waals surface area contributed by atoms with Crippen LogP contribution in [0.4, 0.5) is 16.2 Å². The third-order valence-electron chi connectivity index (χ3n) is 5.76. The van der Waals surface area contributed by atoms with E-state index in [1.54, 1.807) is 24.3 Å². The van der Waals surface area contributed by atoms with Gasteiger partial charge in [-0.25, -0.2) is 4.79 Å². The Labute approximate surface area is 220 Å². The van der Waals surface area contributed by atoms with Crippen molar-refractivity contribution in [2.75, 3.05) is 16.8 Å². The van der Waals surface area contributed by atoms with Gasteiger partial charge < -0.3 is 25.6 Å². The van der Waals surface area contributed by atoms with Crippen LogP contribution in [0.15, 0.2) is 48.5 Å². The molecule has 3 rings (SSSR count). The van der Waals surface area contributed by atoms with Crippen LogP contribution in [0.1, 0.15) is 65.8 Å². The van der Waals surface area contributed by atoms with Crippen molar-refractivity contribution in [3.8, 4) is 0 Å². The molecular weight excluding hydrogens is 476 g/mol. The number of alkyl carbamates (subject to hydrolysis) is 1. The topological polar surface area (TPSA) is 134 Å². The summed E-state index contributed by atoms with van der Waals surface area (Å²) in [5.41, 5.74) is 0.180. The number of Topliss-reactive ketones (excluding diaryl/α,β-unsaturated/α-hetero) is 1. The lowest BCUT2D eigenvalue weighted by molar-refractivity contribution is -0.127. The number of rotatable bonds is 7. The van der Waals surface area contributed by atoms with Crippen LogP contribution < -0.4 is 20.9 Å². The zero-order valence-corrected chi connectivity index (χ0v) is 21.1. The van der Waals surface area contributed by atoms with Gasteiger partial charge in [0.1, 0.15) is 17.7 Å². The van der Waals surface area contributed by atoms with Crippen molar-refractivity contribution in [2.45, 2.75) is 58.7 Å². The summed E-state index contributed by atoms with van der Waals surface area (Å²) >= 11 is 0. The summed E-state index contributed by atoms with van der Waals surface area (Å²) < 4.78 is 27.3. The Kier molecular flexibility index (Phi) is 7.05. The number of hydrogen-bond acceptors (Lipinski definition) is 6. The predicted molar refractivity (Wildman–Crippen MR) is 139 cm³/mol. The molecule has 2 atom stereocenters. The van der Waals surface area contributed by atoms with Gasteiger partial charge in [0.05, 0.1) is 17.9 Å². The second-order valence-corrected chi connectivity index (χ2v) is 9.31. The van der Waals surface area contributed by atoms with Crippen molar-refractivity contribution >= 4 is 41.0 Å². The lowest BCUT2D eigenvalue weighted by atomic mass is 10.1. The molecule has 1 heterocycles. The molecule has 0 spiro atoms. The third-order valence-corrected chi connectivity index (χ3v) is 5.76. The average molecular weight is 512 g/mol. The Morgan fingerprint density at radius 3 is 2.43 bits per heavy atom. The Bertz CT molecular complexity index is 1310. The van der Waals surface area contributed by atoms with Gasteiger partial charge in [0, 0.05) is 15.2 Å². The summed E-state index contributed by atoms with van der Waals surface area (Å²) in [4.78, 5) is 64.8. The smallest absolute Gasteiger partial charge is 0.408 e. The van der Waals surface area contributed by atoms with E-state index in [9.17, 15) is 24.0 Å². The van der Waals surface area contributed by atoms with Crippen molar-refractivity contribution < 1.29 is 32.8 Å². The molecule has 0 fully saturated rings. The largest absolute Gasteiger partial charge is 0.444 e. The highest BCUT2D eigenvalue weighted by molar-refractivity contribution is 6.12. The number of nitrogens with zero attached hydrogens (tertiary/aromatic N) is 1. The van der Waals surface area contributed by atoms with Gasteiger partial charge in [-0.05, 0) is 58.4 Å². The molecule has 0 aliphatic carbocycles. The molecule has 4 amide bonds. The highest BCUT2D eigenvalue weighted by Gasteiger charge is 2.34. The molecule has 10 heteroatoms. The van der Waals surface area contributed by atoms with E-state index in [-0.39, 0.29) is 17.9 Å². The number of ether oxygens (including phenoxy) is 1. The molecule has 1 aliphatic rings. The number of hydrogen-bond donors (Lipinski definition) is 3. The number of ketones is 1. The number of nitrogens with one attached hydrogen (secondary N) is 3. The maximum atomic E-state index is 13.5. The van der Waals surface area contributed by atoms with Crippen LogP contribution in [0.5, 0.6) is 0 Å². The van der Waals surface area contributed by atoms with E-state index in [4.69, 9.17) is 8.85 Å². The molecule has 37 heavy (non-hydrogen) atoms. The Balaban J connectivity index is 1.75. The molecule has 196 valence electrons. The average Bonchev–Trinajstić information content (AvgIpc) is 2.97. The fraction of sp³-hybridized carbons (Fsp3) is 0.370. The molecule has 10 nitrogen and oxygen atoms in total. The summed E-state index contributed by atoms with van der Waals surface area (Å²) in [6.07, 6.45) is -1.39. The number of anilines is 2. The maximum absolute atomic E-state index is 13.5. The number of benzene rings is 2. The van der Waals surface area contributed by atoms with Gasteiger partial charge in [0.15, 0.2) is 5.78 Å². The van der Waals surface area contributed by atoms with Crippen LogP contribution in [-0.2, 0) is 14.3 Å². The zero-order chi connectivity index (χ0) is 29.8. The predicted octanol–water partition coefficient (Wildman–Crippen LogP) is 3.28. The van der Waals surface area contributed by atoms with Gasteiger partial charge in [-0.15, -0.1) is 0 Å². The van der Waals surface area contributed by atoms with Crippen molar-refractivity contribution in [1.29, 1.82) is 0 Å². The van der Waals surface area contributed by atoms with Gasteiger partial charge >= 0.3 is 6.09 Å². The maximum Gasteiger partial charge on any atom is 0.408 e. The van der Waals surface area contributed by atoms with E-state index in [0.29, 0.717) is 16.9 Å². The van der Waals surface area contributed by atoms with Gasteiger partial charge in [0.25, 0.3) is 5.91 Å². The van der Waals surface area contributed by atoms with E-state index in [1.165, 1.54) is 56.9 Å². The standard InChI is InChI=1S/C27H32N4O6/c1-6-27(4,5)37-26(36)28-16(2)23(33)30-21-15-31(22-10-8-7-9-20(22)29-24(21)34)25(35)19-13-11-18(12-14-19)17(3)32/h7-14,16,21H,6,15H2,1-5H3,(H,28,36)(H,29,34)(H,30,33)/t16-,21-/m0/s1/i1D3. The normalized spacial score (nSPS) is 17.5. The molecule has 0 aromatic heterocycles. The lowest BCUT2D eigenvalue weighted by Crippen LogP contribution is -2.55.